The van der Waals surface area contributed by atoms with Crippen molar-refractivity contribution < 1.29 is 9.84 Å². The third-order valence-corrected chi connectivity index (χ3v) is 3.94. The Morgan fingerprint density at radius 3 is 2.80 bits per heavy atom. The molecule has 84 valence electrons. The maximum absolute atomic E-state index is 10.4. The van der Waals surface area contributed by atoms with E-state index in [0.29, 0.717) is 6.61 Å². The summed E-state index contributed by atoms with van der Waals surface area (Å²) in [6, 6.07) is 1.99. The van der Waals surface area contributed by atoms with Gasteiger partial charge in [0.2, 0.25) is 0 Å². The van der Waals surface area contributed by atoms with E-state index in [-0.39, 0.29) is 5.60 Å². The van der Waals surface area contributed by atoms with E-state index in [1.54, 1.807) is 11.3 Å². The topological polar surface area (TPSA) is 29.5 Å². The van der Waals surface area contributed by atoms with Gasteiger partial charge in [-0.15, -0.1) is 0 Å². The first-order valence-electron chi connectivity index (χ1n) is 5.62. The molecule has 1 saturated carbocycles. The molecule has 2 rings (SSSR count). The molecule has 0 spiro atoms. The molecular formula is C12H18O2S. The minimum atomic E-state index is -0.453. The van der Waals surface area contributed by atoms with E-state index in [1.807, 2.05) is 23.8 Å². The number of hydrogen-bond acceptors (Lipinski definition) is 3. The molecule has 1 unspecified atom stereocenters. The zero-order chi connectivity index (χ0) is 10.7. The van der Waals surface area contributed by atoms with Crippen molar-refractivity contribution in [2.75, 3.05) is 6.61 Å². The normalized spacial score (nSPS) is 21.7. The zero-order valence-electron chi connectivity index (χ0n) is 9.11. The van der Waals surface area contributed by atoms with Crippen LogP contribution < -0.4 is 0 Å². The third-order valence-electron chi connectivity index (χ3n) is 3.24. The van der Waals surface area contributed by atoms with E-state index < -0.39 is 6.10 Å². The van der Waals surface area contributed by atoms with Crippen LogP contribution in [0.1, 0.15) is 44.3 Å². The van der Waals surface area contributed by atoms with E-state index in [9.17, 15) is 5.11 Å². The number of rotatable bonds is 4. The molecule has 1 aromatic rings. The van der Waals surface area contributed by atoms with Crippen LogP contribution in [0.5, 0.6) is 0 Å². The van der Waals surface area contributed by atoms with Crippen LogP contribution in [0.3, 0.4) is 0 Å². The number of ether oxygens (including phenoxy) is 1. The van der Waals surface area contributed by atoms with Gasteiger partial charge in [-0.2, -0.15) is 11.3 Å². The summed E-state index contributed by atoms with van der Waals surface area (Å²) in [5, 5.41) is 14.4. The average molecular weight is 226 g/mol. The Labute approximate surface area is 94.9 Å². The summed E-state index contributed by atoms with van der Waals surface area (Å²) in [4.78, 5) is 0. The second-order valence-electron chi connectivity index (χ2n) is 4.16. The van der Waals surface area contributed by atoms with Gasteiger partial charge in [-0.05, 0) is 42.2 Å². The molecule has 0 aliphatic heterocycles. The predicted molar refractivity (Wildman–Crippen MR) is 62.1 cm³/mol. The van der Waals surface area contributed by atoms with Gasteiger partial charge in [-0.3, -0.25) is 0 Å². The highest BCUT2D eigenvalue weighted by Gasteiger charge is 2.42. The Morgan fingerprint density at radius 2 is 2.27 bits per heavy atom. The highest BCUT2D eigenvalue weighted by molar-refractivity contribution is 7.07. The lowest BCUT2D eigenvalue weighted by Gasteiger charge is -2.33. The Bertz CT molecular complexity index is 289. The largest absolute Gasteiger partial charge is 0.385 e. The molecule has 3 heteroatoms. The standard InChI is InChI=1S/C12H18O2S/c1-2-14-12(6-3-4-7-12)11(13)10-5-8-15-9-10/h5,8-9,11,13H,2-4,6-7H2,1H3. The Balaban J connectivity index is 2.17. The molecule has 0 aromatic carbocycles. The molecule has 1 aliphatic carbocycles. The van der Waals surface area contributed by atoms with Gasteiger partial charge in [0, 0.05) is 6.61 Å². The molecule has 1 fully saturated rings. The summed E-state index contributed by atoms with van der Waals surface area (Å²) in [6.45, 7) is 2.68. The first-order valence-corrected chi connectivity index (χ1v) is 6.57. The number of thiophene rings is 1. The maximum Gasteiger partial charge on any atom is 0.109 e. The second-order valence-corrected chi connectivity index (χ2v) is 4.94. The smallest absolute Gasteiger partial charge is 0.109 e. The molecule has 0 radical (unpaired) electrons. The summed E-state index contributed by atoms with van der Waals surface area (Å²) < 4.78 is 5.83. The lowest BCUT2D eigenvalue weighted by molar-refractivity contribution is -0.118. The summed E-state index contributed by atoms with van der Waals surface area (Å²) in [7, 11) is 0. The lowest BCUT2D eigenvalue weighted by Crippen LogP contribution is -2.36. The monoisotopic (exact) mass is 226 g/mol. The van der Waals surface area contributed by atoms with E-state index in [2.05, 4.69) is 0 Å². The summed E-state index contributed by atoms with van der Waals surface area (Å²) in [6.07, 6.45) is 3.85. The Hall–Kier alpha value is -0.380. The van der Waals surface area contributed by atoms with Crippen LogP contribution in [0, 0.1) is 0 Å². The molecule has 1 heterocycles. The van der Waals surface area contributed by atoms with Gasteiger partial charge in [-0.1, -0.05) is 12.8 Å². The molecule has 1 aliphatic rings. The van der Waals surface area contributed by atoms with E-state index >= 15 is 0 Å². The molecule has 0 amide bonds. The lowest BCUT2D eigenvalue weighted by atomic mass is 9.90. The van der Waals surface area contributed by atoms with Crippen molar-refractivity contribution in [2.24, 2.45) is 0 Å². The Kier molecular flexibility index (Phi) is 3.44. The maximum atomic E-state index is 10.4. The van der Waals surface area contributed by atoms with Gasteiger partial charge in [0.25, 0.3) is 0 Å². The highest BCUT2D eigenvalue weighted by Crippen LogP contribution is 2.43. The van der Waals surface area contributed by atoms with Gasteiger partial charge in [-0.25, -0.2) is 0 Å². The molecule has 2 nitrogen and oxygen atoms in total. The van der Waals surface area contributed by atoms with Crippen LogP contribution in [-0.4, -0.2) is 17.3 Å². The van der Waals surface area contributed by atoms with Crippen LogP contribution in [0.4, 0.5) is 0 Å². The molecule has 1 atom stereocenters. The first kappa shape index (κ1) is 11.1. The minimum absolute atomic E-state index is 0.310. The fourth-order valence-corrected chi connectivity index (χ4v) is 3.17. The van der Waals surface area contributed by atoms with Crippen LogP contribution in [0.15, 0.2) is 16.8 Å². The van der Waals surface area contributed by atoms with Gasteiger partial charge in [0.15, 0.2) is 0 Å². The summed E-state index contributed by atoms with van der Waals surface area (Å²) >= 11 is 1.63. The first-order chi connectivity index (χ1) is 7.28. The summed E-state index contributed by atoms with van der Waals surface area (Å²) in [5.74, 6) is 0. The van der Waals surface area contributed by atoms with Crippen molar-refractivity contribution in [1.29, 1.82) is 0 Å². The van der Waals surface area contributed by atoms with Crippen molar-refractivity contribution in [2.45, 2.75) is 44.3 Å². The second kappa shape index (κ2) is 4.64. The number of hydrogen-bond donors (Lipinski definition) is 1. The van der Waals surface area contributed by atoms with Crippen molar-refractivity contribution in [3.05, 3.63) is 22.4 Å². The van der Waals surface area contributed by atoms with E-state index in [1.165, 1.54) is 12.8 Å². The molecular weight excluding hydrogens is 208 g/mol. The van der Waals surface area contributed by atoms with Gasteiger partial charge >= 0.3 is 0 Å². The van der Waals surface area contributed by atoms with Crippen LogP contribution >= 0.6 is 11.3 Å². The van der Waals surface area contributed by atoms with Crippen LogP contribution in [0.2, 0.25) is 0 Å². The molecule has 15 heavy (non-hydrogen) atoms. The van der Waals surface area contributed by atoms with Crippen LogP contribution in [-0.2, 0) is 4.74 Å². The highest BCUT2D eigenvalue weighted by atomic mass is 32.1. The third kappa shape index (κ3) is 2.10. The van der Waals surface area contributed by atoms with Crippen molar-refractivity contribution in [1.82, 2.24) is 0 Å². The quantitative estimate of drug-likeness (QED) is 0.854. The zero-order valence-corrected chi connectivity index (χ0v) is 9.93. The molecule has 0 saturated heterocycles. The Morgan fingerprint density at radius 1 is 1.53 bits per heavy atom. The molecule has 1 aromatic heterocycles. The van der Waals surface area contributed by atoms with Crippen LogP contribution in [0.25, 0.3) is 0 Å². The molecule has 1 N–H and O–H groups in total. The van der Waals surface area contributed by atoms with E-state index in [4.69, 9.17) is 4.74 Å². The summed E-state index contributed by atoms with van der Waals surface area (Å²) in [5.41, 5.74) is 0.700. The SMILES string of the molecule is CCOC1(C(O)c2ccsc2)CCCC1. The van der Waals surface area contributed by atoms with E-state index in [0.717, 1.165) is 18.4 Å². The van der Waals surface area contributed by atoms with Gasteiger partial charge in [0.05, 0.1) is 5.60 Å². The van der Waals surface area contributed by atoms with Gasteiger partial charge in [0.1, 0.15) is 6.10 Å². The minimum Gasteiger partial charge on any atom is -0.385 e. The molecule has 0 bridgehead atoms. The number of aliphatic hydroxyl groups is 1. The number of aliphatic hydroxyl groups excluding tert-OH is 1. The fraction of sp³-hybridized carbons (Fsp3) is 0.667. The van der Waals surface area contributed by atoms with Gasteiger partial charge < -0.3 is 9.84 Å². The van der Waals surface area contributed by atoms with Crippen molar-refractivity contribution in [3.63, 3.8) is 0 Å². The van der Waals surface area contributed by atoms with Crippen molar-refractivity contribution in [3.8, 4) is 0 Å². The fourth-order valence-electron chi connectivity index (χ4n) is 2.49. The average Bonchev–Trinajstić information content (AvgIpc) is 2.88. The predicted octanol–water partition coefficient (Wildman–Crippen LogP) is 3.13. The van der Waals surface area contributed by atoms with Crippen molar-refractivity contribution >= 4 is 11.3 Å².